The van der Waals surface area contributed by atoms with Gasteiger partial charge in [-0.1, -0.05) is 0 Å². The molecule has 0 heterocycles. The number of ether oxygens (including phenoxy) is 2. The Balaban J connectivity index is 2.95. The highest BCUT2D eigenvalue weighted by molar-refractivity contribution is 7.98. The van der Waals surface area contributed by atoms with Gasteiger partial charge >= 0.3 is 0 Å². The Morgan fingerprint density at radius 2 is 1.73 bits per heavy atom. The summed E-state index contributed by atoms with van der Waals surface area (Å²) >= 11 is 1.60. The Kier molecular flexibility index (Phi) is 4.78. The highest BCUT2D eigenvalue weighted by Gasteiger charge is 2.10. The van der Waals surface area contributed by atoms with E-state index in [9.17, 15) is 5.11 Å². The van der Waals surface area contributed by atoms with E-state index in [0.29, 0.717) is 17.3 Å². The predicted octanol–water partition coefficient (Wildman–Crippen LogP) is 2.10. The molecule has 3 nitrogen and oxygen atoms in total. The molecule has 4 heteroatoms. The summed E-state index contributed by atoms with van der Waals surface area (Å²) in [6.45, 7) is 0. The molecule has 0 radical (unpaired) electrons. The first-order chi connectivity index (χ1) is 7.21. The molecule has 1 atom stereocenters. The third-order valence-electron chi connectivity index (χ3n) is 2.08. The maximum absolute atomic E-state index is 9.83. The average molecular weight is 228 g/mol. The molecule has 1 aromatic rings. The van der Waals surface area contributed by atoms with Crippen molar-refractivity contribution in [3.05, 3.63) is 23.8 Å². The molecular weight excluding hydrogens is 212 g/mol. The van der Waals surface area contributed by atoms with Gasteiger partial charge in [-0.3, -0.25) is 0 Å². The molecule has 0 bridgehead atoms. The van der Waals surface area contributed by atoms with Gasteiger partial charge in [0.25, 0.3) is 0 Å². The Bertz CT molecular complexity index is 292. The maximum Gasteiger partial charge on any atom is 0.122 e. The Labute approximate surface area is 94.4 Å². The van der Waals surface area contributed by atoms with Gasteiger partial charge in [0.05, 0.1) is 20.3 Å². The van der Waals surface area contributed by atoms with Crippen molar-refractivity contribution in [1.29, 1.82) is 0 Å². The molecular formula is C11H16O3S. The van der Waals surface area contributed by atoms with E-state index in [1.165, 1.54) is 0 Å². The largest absolute Gasteiger partial charge is 0.497 e. The standard InChI is InChI=1S/C11H16O3S/c1-13-9-4-8(11(12)7-15-3)5-10(6-9)14-2/h4-6,11-12H,7H2,1-3H3. The van der Waals surface area contributed by atoms with Crippen molar-refractivity contribution in [2.45, 2.75) is 6.10 Å². The molecule has 0 aromatic heterocycles. The van der Waals surface area contributed by atoms with E-state index in [1.54, 1.807) is 32.0 Å². The van der Waals surface area contributed by atoms with Crippen molar-refractivity contribution in [3.63, 3.8) is 0 Å². The highest BCUT2D eigenvalue weighted by Crippen LogP contribution is 2.27. The van der Waals surface area contributed by atoms with Gasteiger partial charge in [-0.15, -0.1) is 0 Å². The number of aliphatic hydroxyl groups excluding tert-OH is 1. The lowest BCUT2D eigenvalue weighted by Crippen LogP contribution is -2.01. The second-order valence-electron chi connectivity index (χ2n) is 3.12. The van der Waals surface area contributed by atoms with Gasteiger partial charge in [-0.2, -0.15) is 11.8 Å². The fourth-order valence-corrected chi connectivity index (χ4v) is 1.78. The van der Waals surface area contributed by atoms with Crippen LogP contribution in [0.4, 0.5) is 0 Å². The molecule has 1 N–H and O–H groups in total. The van der Waals surface area contributed by atoms with E-state index in [-0.39, 0.29) is 0 Å². The molecule has 1 rings (SSSR count). The van der Waals surface area contributed by atoms with E-state index >= 15 is 0 Å². The van der Waals surface area contributed by atoms with Gasteiger partial charge in [0.2, 0.25) is 0 Å². The summed E-state index contributed by atoms with van der Waals surface area (Å²) in [6.07, 6.45) is 1.48. The molecule has 0 saturated carbocycles. The molecule has 0 aliphatic rings. The van der Waals surface area contributed by atoms with Crippen molar-refractivity contribution in [2.24, 2.45) is 0 Å². The van der Waals surface area contributed by atoms with Crippen LogP contribution in [0.15, 0.2) is 18.2 Å². The number of aliphatic hydroxyl groups is 1. The maximum atomic E-state index is 9.83. The zero-order valence-electron chi connectivity index (χ0n) is 9.19. The van der Waals surface area contributed by atoms with Gasteiger partial charge in [0.1, 0.15) is 11.5 Å². The van der Waals surface area contributed by atoms with E-state index in [4.69, 9.17) is 9.47 Å². The van der Waals surface area contributed by atoms with Gasteiger partial charge < -0.3 is 14.6 Å². The normalized spacial score (nSPS) is 12.3. The van der Waals surface area contributed by atoms with Crippen molar-refractivity contribution in [2.75, 3.05) is 26.2 Å². The third kappa shape index (κ3) is 3.32. The summed E-state index contributed by atoms with van der Waals surface area (Å²) in [7, 11) is 3.19. The fourth-order valence-electron chi connectivity index (χ4n) is 1.28. The molecule has 0 amide bonds. The van der Waals surface area contributed by atoms with Crippen molar-refractivity contribution < 1.29 is 14.6 Å². The molecule has 0 aliphatic heterocycles. The fraction of sp³-hybridized carbons (Fsp3) is 0.455. The SMILES string of the molecule is COc1cc(OC)cc(C(O)CSC)c1. The quantitative estimate of drug-likeness (QED) is 0.837. The summed E-state index contributed by atoms with van der Waals surface area (Å²) in [4.78, 5) is 0. The number of benzene rings is 1. The van der Waals surface area contributed by atoms with Gasteiger partial charge in [0, 0.05) is 11.8 Å². The Hall–Kier alpha value is -0.870. The summed E-state index contributed by atoms with van der Waals surface area (Å²) in [6, 6.07) is 5.43. The van der Waals surface area contributed by atoms with Crippen molar-refractivity contribution in [1.82, 2.24) is 0 Å². The van der Waals surface area contributed by atoms with Gasteiger partial charge in [-0.05, 0) is 24.0 Å². The summed E-state index contributed by atoms with van der Waals surface area (Å²) < 4.78 is 10.3. The van der Waals surface area contributed by atoms with E-state index in [1.807, 2.05) is 18.4 Å². The van der Waals surface area contributed by atoms with E-state index in [2.05, 4.69) is 0 Å². The van der Waals surface area contributed by atoms with Crippen LogP contribution in [0.1, 0.15) is 11.7 Å². The Morgan fingerprint density at radius 1 is 1.20 bits per heavy atom. The first-order valence-electron chi connectivity index (χ1n) is 4.61. The van der Waals surface area contributed by atoms with Crippen LogP contribution < -0.4 is 9.47 Å². The van der Waals surface area contributed by atoms with Crippen LogP contribution >= 0.6 is 11.8 Å². The van der Waals surface area contributed by atoms with Crippen LogP contribution in [0.5, 0.6) is 11.5 Å². The molecule has 0 aliphatic carbocycles. The molecule has 15 heavy (non-hydrogen) atoms. The number of hydrogen-bond acceptors (Lipinski definition) is 4. The molecule has 1 aromatic carbocycles. The number of rotatable bonds is 5. The number of thioether (sulfide) groups is 1. The lowest BCUT2D eigenvalue weighted by atomic mass is 10.1. The lowest BCUT2D eigenvalue weighted by Gasteiger charge is -2.12. The van der Waals surface area contributed by atoms with Crippen molar-refractivity contribution >= 4 is 11.8 Å². The van der Waals surface area contributed by atoms with Crippen LogP contribution in [0.25, 0.3) is 0 Å². The lowest BCUT2D eigenvalue weighted by molar-refractivity contribution is 0.203. The zero-order chi connectivity index (χ0) is 11.3. The second-order valence-corrected chi connectivity index (χ2v) is 4.03. The molecule has 0 fully saturated rings. The predicted molar refractivity (Wildman–Crippen MR) is 62.9 cm³/mol. The van der Waals surface area contributed by atoms with Gasteiger partial charge in [-0.25, -0.2) is 0 Å². The van der Waals surface area contributed by atoms with E-state index in [0.717, 1.165) is 5.56 Å². The number of methoxy groups -OCH3 is 2. The minimum absolute atomic E-state index is 0.482. The highest BCUT2D eigenvalue weighted by atomic mass is 32.2. The second kappa shape index (κ2) is 5.88. The average Bonchev–Trinajstić information content (AvgIpc) is 2.28. The van der Waals surface area contributed by atoms with Crippen molar-refractivity contribution in [3.8, 4) is 11.5 Å². The molecule has 0 spiro atoms. The monoisotopic (exact) mass is 228 g/mol. The van der Waals surface area contributed by atoms with Crippen LogP contribution in [-0.2, 0) is 0 Å². The minimum Gasteiger partial charge on any atom is -0.497 e. The summed E-state index contributed by atoms with van der Waals surface area (Å²) in [5, 5.41) is 9.83. The molecule has 0 saturated heterocycles. The number of hydrogen-bond donors (Lipinski definition) is 1. The van der Waals surface area contributed by atoms with Crippen LogP contribution in [0.2, 0.25) is 0 Å². The molecule has 1 unspecified atom stereocenters. The first kappa shape index (κ1) is 12.2. The van der Waals surface area contributed by atoms with Gasteiger partial charge in [0.15, 0.2) is 0 Å². The topological polar surface area (TPSA) is 38.7 Å². The molecule has 84 valence electrons. The third-order valence-corrected chi connectivity index (χ3v) is 2.73. The smallest absolute Gasteiger partial charge is 0.122 e. The Morgan fingerprint density at radius 3 is 2.13 bits per heavy atom. The first-order valence-corrected chi connectivity index (χ1v) is 6.00. The van der Waals surface area contributed by atoms with Crippen LogP contribution in [0, 0.1) is 0 Å². The van der Waals surface area contributed by atoms with E-state index < -0.39 is 6.10 Å². The minimum atomic E-state index is -0.482. The zero-order valence-corrected chi connectivity index (χ0v) is 10.0. The summed E-state index contributed by atoms with van der Waals surface area (Å²) in [5.74, 6) is 2.06. The van der Waals surface area contributed by atoms with Crippen LogP contribution in [-0.4, -0.2) is 31.3 Å². The van der Waals surface area contributed by atoms with Crippen LogP contribution in [0.3, 0.4) is 0 Å². The summed E-state index contributed by atoms with van der Waals surface area (Å²) in [5.41, 5.74) is 0.820.